The van der Waals surface area contributed by atoms with Crippen LogP contribution in [0.3, 0.4) is 0 Å². The standard InChI is InChI=1S/C11H22N2O5S2/c1-9-7-13(8-10(6-12)18-9)20(16,17)11-2-4-19(14,15)5-3-11/h9-11H,2-8,12H2,1H3. The highest BCUT2D eigenvalue weighted by Crippen LogP contribution is 2.25. The van der Waals surface area contributed by atoms with Gasteiger partial charge in [0, 0.05) is 19.6 Å². The molecule has 0 amide bonds. The summed E-state index contributed by atoms with van der Waals surface area (Å²) in [4.78, 5) is 0. The first kappa shape index (κ1) is 16.2. The Labute approximate surface area is 120 Å². The molecule has 0 bridgehead atoms. The van der Waals surface area contributed by atoms with Gasteiger partial charge >= 0.3 is 0 Å². The van der Waals surface area contributed by atoms with Crippen LogP contribution in [0.1, 0.15) is 19.8 Å². The lowest BCUT2D eigenvalue weighted by Gasteiger charge is -2.38. The number of hydrogen-bond donors (Lipinski definition) is 1. The zero-order valence-electron chi connectivity index (χ0n) is 11.6. The van der Waals surface area contributed by atoms with Crippen molar-refractivity contribution in [2.45, 2.75) is 37.2 Å². The zero-order valence-corrected chi connectivity index (χ0v) is 13.2. The topological polar surface area (TPSA) is 107 Å². The van der Waals surface area contributed by atoms with Gasteiger partial charge < -0.3 is 10.5 Å². The highest BCUT2D eigenvalue weighted by molar-refractivity contribution is 7.92. The number of sulfonamides is 1. The molecule has 2 unspecified atom stereocenters. The molecule has 9 heteroatoms. The summed E-state index contributed by atoms with van der Waals surface area (Å²) < 4.78 is 55.0. The van der Waals surface area contributed by atoms with Gasteiger partial charge in [-0.15, -0.1) is 0 Å². The van der Waals surface area contributed by atoms with Gasteiger partial charge in [0.2, 0.25) is 10.0 Å². The summed E-state index contributed by atoms with van der Waals surface area (Å²) in [5.74, 6) is -0.0891. The Morgan fingerprint density at radius 3 is 2.40 bits per heavy atom. The Balaban J connectivity index is 2.10. The van der Waals surface area contributed by atoms with Crippen molar-refractivity contribution < 1.29 is 21.6 Å². The normalized spacial score (nSPS) is 33.1. The monoisotopic (exact) mass is 326 g/mol. The molecule has 2 atom stereocenters. The van der Waals surface area contributed by atoms with Gasteiger partial charge in [0.15, 0.2) is 0 Å². The van der Waals surface area contributed by atoms with Crippen molar-refractivity contribution in [2.75, 3.05) is 31.1 Å². The van der Waals surface area contributed by atoms with Crippen molar-refractivity contribution >= 4 is 19.9 Å². The molecule has 0 radical (unpaired) electrons. The van der Waals surface area contributed by atoms with Crippen LogP contribution in [0.2, 0.25) is 0 Å². The molecule has 2 heterocycles. The predicted octanol–water partition coefficient (Wildman–Crippen LogP) is -1.06. The van der Waals surface area contributed by atoms with Gasteiger partial charge in [-0.2, -0.15) is 4.31 Å². The second-order valence-electron chi connectivity index (χ2n) is 5.52. The van der Waals surface area contributed by atoms with Gasteiger partial charge in [-0.1, -0.05) is 0 Å². The molecular formula is C11H22N2O5S2. The molecule has 0 aliphatic carbocycles. The van der Waals surface area contributed by atoms with Crippen LogP contribution < -0.4 is 5.73 Å². The van der Waals surface area contributed by atoms with Crippen LogP contribution >= 0.6 is 0 Å². The predicted molar refractivity (Wildman–Crippen MR) is 75.6 cm³/mol. The SMILES string of the molecule is CC1CN(S(=O)(=O)C2CCS(=O)(=O)CC2)CC(CN)O1. The Hall–Kier alpha value is -0.220. The fourth-order valence-corrected chi connectivity index (χ4v) is 6.55. The number of nitrogens with two attached hydrogens (primary N) is 1. The van der Waals surface area contributed by atoms with E-state index >= 15 is 0 Å². The molecular weight excluding hydrogens is 304 g/mol. The van der Waals surface area contributed by atoms with Gasteiger partial charge in [-0.25, -0.2) is 16.8 Å². The molecule has 0 saturated carbocycles. The van der Waals surface area contributed by atoms with Crippen LogP contribution in [0.25, 0.3) is 0 Å². The van der Waals surface area contributed by atoms with E-state index in [1.54, 1.807) is 0 Å². The van der Waals surface area contributed by atoms with Crippen molar-refractivity contribution in [2.24, 2.45) is 5.73 Å². The van der Waals surface area contributed by atoms with E-state index in [2.05, 4.69) is 0 Å². The van der Waals surface area contributed by atoms with Gasteiger partial charge in [-0.05, 0) is 19.8 Å². The van der Waals surface area contributed by atoms with Gasteiger partial charge in [0.1, 0.15) is 9.84 Å². The fourth-order valence-electron chi connectivity index (χ4n) is 2.72. The quantitative estimate of drug-likeness (QED) is 0.708. The second-order valence-corrected chi connectivity index (χ2v) is 10.0. The van der Waals surface area contributed by atoms with Gasteiger partial charge in [0.25, 0.3) is 0 Å². The first-order chi connectivity index (χ1) is 9.24. The highest BCUT2D eigenvalue weighted by Gasteiger charge is 2.39. The third-order valence-electron chi connectivity index (χ3n) is 3.84. The minimum atomic E-state index is -3.48. The third-order valence-corrected chi connectivity index (χ3v) is 7.89. The molecule has 0 aromatic heterocycles. The maximum Gasteiger partial charge on any atom is 0.217 e. The smallest absolute Gasteiger partial charge is 0.217 e. The van der Waals surface area contributed by atoms with Crippen LogP contribution in [-0.2, 0) is 24.6 Å². The Morgan fingerprint density at radius 1 is 1.25 bits per heavy atom. The minimum Gasteiger partial charge on any atom is -0.371 e. The second kappa shape index (κ2) is 5.88. The average Bonchev–Trinajstić information content (AvgIpc) is 2.37. The van der Waals surface area contributed by atoms with E-state index < -0.39 is 25.1 Å². The summed E-state index contributed by atoms with van der Waals surface area (Å²) in [7, 11) is -6.54. The van der Waals surface area contributed by atoms with Crippen LogP contribution in [0, 0.1) is 0 Å². The number of rotatable bonds is 3. The molecule has 2 saturated heterocycles. The number of hydrogen-bond acceptors (Lipinski definition) is 6. The van der Waals surface area contributed by atoms with E-state index in [1.807, 2.05) is 6.92 Å². The van der Waals surface area contributed by atoms with E-state index in [4.69, 9.17) is 10.5 Å². The van der Waals surface area contributed by atoms with Crippen molar-refractivity contribution in [3.05, 3.63) is 0 Å². The zero-order chi connectivity index (χ0) is 15.0. The Morgan fingerprint density at radius 2 is 1.85 bits per heavy atom. The molecule has 2 aliphatic rings. The number of nitrogens with zero attached hydrogens (tertiary/aromatic N) is 1. The van der Waals surface area contributed by atoms with Crippen molar-refractivity contribution in [1.82, 2.24) is 4.31 Å². The summed E-state index contributed by atoms with van der Waals surface area (Å²) in [6.45, 7) is 2.65. The van der Waals surface area contributed by atoms with Crippen LogP contribution in [0.4, 0.5) is 0 Å². The van der Waals surface area contributed by atoms with E-state index in [0.717, 1.165) is 0 Å². The largest absolute Gasteiger partial charge is 0.371 e. The molecule has 2 aliphatic heterocycles. The van der Waals surface area contributed by atoms with E-state index in [0.29, 0.717) is 6.54 Å². The van der Waals surface area contributed by atoms with Crippen molar-refractivity contribution in [1.29, 1.82) is 0 Å². The molecule has 2 rings (SSSR count). The average molecular weight is 326 g/mol. The summed E-state index contributed by atoms with van der Waals surface area (Å²) >= 11 is 0. The maximum atomic E-state index is 12.6. The summed E-state index contributed by atoms with van der Waals surface area (Å²) in [6.07, 6.45) is -0.117. The van der Waals surface area contributed by atoms with Crippen LogP contribution in [0.5, 0.6) is 0 Å². The number of sulfone groups is 1. The molecule has 20 heavy (non-hydrogen) atoms. The molecule has 2 fully saturated rings. The summed E-state index contributed by atoms with van der Waals surface area (Å²) in [6, 6.07) is 0. The van der Waals surface area contributed by atoms with Crippen LogP contribution in [0.15, 0.2) is 0 Å². The summed E-state index contributed by atoms with van der Waals surface area (Å²) in [5.41, 5.74) is 5.56. The number of ether oxygens (including phenoxy) is 1. The van der Waals surface area contributed by atoms with E-state index in [-0.39, 0.29) is 49.6 Å². The highest BCUT2D eigenvalue weighted by atomic mass is 32.2. The van der Waals surface area contributed by atoms with E-state index in [9.17, 15) is 16.8 Å². The lowest BCUT2D eigenvalue weighted by atomic mass is 10.2. The van der Waals surface area contributed by atoms with Crippen molar-refractivity contribution in [3.63, 3.8) is 0 Å². The van der Waals surface area contributed by atoms with Gasteiger partial charge in [0.05, 0.1) is 29.0 Å². The molecule has 0 spiro atoms. The molecule has 7 nitrogen and oxygen atoms in total. The van der Waals surface area contributed by atoms with Crippen molar-refractivity contribution in [3.8, 4) is 0 Å². The lowest BCUT2D eigenvalue weighted by Crippen LogP contribution is -2.54. The fraction of sp³-hybridized carbons (Fsp3) is 1.00. The Kier molecular flexibility index (Phi) is 4.75. The molecule has 2 N–H and O–H groups in total. The summed E-state index contributed by atoms with van der Waals surface area (Å²) in [5, 5.41) is -0.602. The lowest BCUT2D eigenvalue weighted by molar-refractivity contribution is -0.0488. The maximum absolute atomic E-state index is 12.6. The van der Waals surface area contributed by atoms with Gasteiger partial charge in [-0.3, -0.25) is 0 Å². The van der Waals surface area contributed by atoms with E-state index in [1.165, 1.54) is 4.31 Å². The first-order valence-electron chi connectivity index (χ1n) is 6.79. The molecule has 118 valence electrons. The van der Waals surface area contributed by atoms with Crippen LogP contribution in [-0.4, -0.2) is 69.7 Å². The minimum absolute atomic E-state index is 0.0445. The number of morpholine rings is 1. The molecule has 0 aromatic carbocycles. The first-order valence-corrected chi connectivity index (χ1v) is 10.1. The molecule has 0 aromatic rings. The Bertz CT molecular complexity index is 531. The third kappa shape index (κ3) is 3.51.